The normalized spacial score (nSPS) is 14.1. The molecule has 11 heteroatoms. The first kappa shape index (κ1) is 23.6. The smallest absolute Gasteiger partial charge is 0.271 e. The van der Waals surface area contributed by atoms with Gasteiger partial charge in [-0.25, -0.2) is 0 Å². The van der Waals surface area contributed by atoms with Crippen LogP contribution in [0.25, 0.3) is 5.69 Å². The molecule has 1 aliphatic heterocycles. The summed E-state index contributed by atoms with van der Waals surface area (Å²) in [5.41, 5.74) is 2.18. The highest BCUT2D eigenvalue weighted by Crippen LogP contribution is 2.33. The van der Waals surface area contributed by atoms with Crippen molar-refractivity contribution in [3.63, 3.8) is 0 Å². The van der Waals surface area contributed by atoms with Crippen LogP contribution in [-0.4, -0.2) is 51.0 Å². The number of nitro benzene ring substituents is 1. The zero-order valence-corrected chi connectivity index (χ0v) is 20.0. The van der Waals surface area contributed by atoms with Crippen molar-refractivity contribution in [2.45, 2.75) is 37.1 Å². The average molecular weight is 483 g/mol. The van der Waals surface area contributed by atoms with Crippen molar-refractivity contribution in [3.05, 3.63) is 58.1 Å². The molecule has 0 bridgehead atoms. The summed E-state index contributed by atoms with van der Waals surface area (Å²) in [5, 5.41) is 22.8. The molecule has 10 nitrogen and oxygen atoms in total. The lowest BCUT2D eigenvalue weighted by Crippen LogP contribution is -2.24. The number of rotatable bonds is 8. The SMILES string of the molecule is COc1ccc([N+](=O)[O-])cc1NC(=O)C(C)Sc1nnc(N2CCCC2)n1-c1ccc(C)cc1. The quantitative estimate of drug-likeness (QED) is 0.288. The van der Waals surface area contributed by atoms with Crippen LogP contribution in [0.1, 0.15) is 25.3 Å². The molecule has 0 spiro atoms. The summed E-state index contributed by atoms with van der Waals surface area (Å²) >= 11 is 1.28. The molecule has 1 aliphatic rings. The van der Waals surface area contributed by atoms with Crippen molar-refractivity contribution in [1.82, 2.24) is 14.8 Å². The first-order valence-corrected chi connectivity index (χ1v) is 11.8. The molecule has 4 rings (SSSR count). The van der Waals surface area contributed by atoms with E-state index >= 15 is 0 Å². The number of nitrogens with zero attached hydrogens (tertiary/aromatic N) is 5. The van der Waals surface area contributed by atoms with Crippen molar-refractivity contribution in [2.75, 3.05) is 30.4 Å². The largest absolute Gasteiger partial charge is 0.495 e. The number of hydrogen-bond donors (Lipinski definition) is 1. The van der Waals surface area contributed by atoms with Gasteiger partial charge in [0.1, 0.15) is 5.75 Å². The topological polar surface area (TPSA) is 115 Å². The number of carbonyl (C=O) groups is 1. The Morgan fingerprint density at radius 3 is 2.53 bits per heavy atom. The maximum absolute atomic E-state index is 13.0. The Kier molecular flexibility index (Phi) is 7.01. The zero-order chi connectivity index (χ0) is 24.2. The van der Waals surface area contributed by atoms with Gasteiger partial charge in [0.15, 0.2) is 5.16 Å². The predicted molar refractivity (Wildman–Crippen MR) is 131 cm³/mol. The van der Waals surface area contributed by atoms with Gasteiger partial charge in [-0.1, -0.05) is 29.5 Å². The molecule has 3 aromatic rings. The number of hydrogen-bond acceptors (Lipinski definition) is 8. The zero-order valence-electron chi connectivity index (χ0n) is 19.2. The van der Waals surface area contributed by atoms with Crippen LogP contribution in [0.2, 0.25) is 0 Å². The number of benzene rings is 2. The van der Waals surface area contributed by atoms with E-state index in [1.807, 2.05) is 35.8 Å². The van der Waals surface area contributed by atoms with E-state index in [2.05, 4.69) is 20.4 Å². The number of aromatic nitrogens is 3. The maximum atomic E-state index is 13.0. The number of ether oxygens (including phenoxy) is 1. The van der Waals surface area contributed by atoms with Crippen LogP contribution in [-0.2, 0) is 4.79 Å². The predicted octanol–water partition coefficient (Wildman–Crippen LogP) is 4.21. The second-order valence-corrected chi connectivity index (χ2v) is 9.35. The summed E-state index contributed by atoms with van der Waals surface area (Å²) in [6.45, 7) is 5.61. The lowest BCUT2D eigenvalue weighted by Gasteiger charge is -2.19. The van der Waals surface area contributed by atoms with Gasteiger partial charge in [0.25, 0.3) is 5.69 Å². The van der Waals surface area contributed by atoms with Gasteiger partial charge in [0, 0.05) is 25.2 Å². The highest BCUT2D eigenvalue weighted by Gasteiger charge is 2.26. The Morgan fingerprint density at radius 1 is 1.18 bits per heavy atom. The molecular formula is C23H26N6O4S. The number of aryl methyl sites for hydroxylation is 1. The summed E-state index contributed by atoms with van der Waals surface area (Å²) < 4.78 is 7.23. The fourth-order valence-corrected chi connectivity index (χ4v) is 4.60. The van der Waals surface area contributed by atoms with E-state index in [1.165, 1.54) is 37.1 Å². The molecule has 2 heterocycles. The summed E-state index contributed by atoms with van der Waals surface area (Å²) in [4.78, 5) is 25.8. The number of amides is 1. The van der Waals surface area contributed by atoms with E-state index in [0.717, 1.165) is 43.1 Å². The number of nitrogens with one attached hydrogen (secondary N) is 1. The molecule has 2 aromatic carbocycles. The van der Waals surface area contributed by atoms with Gasteiger partial charge < -0.3 is 15.0 Å². The molecule has 1 saturated heterocycles. The summed E-state index contributed by atoms with van der Waals surface area (Å²) in [7, 11) is 1.44. The van der Waals surface area contributed by atoms with Crippen LogP contribution < -0.4 is 15.0 Å². The van der Waals surface area contributed by atoms with Gasteiger partial charge in [0.2, 0.25) is 11.9 Å². The maximum Gasteiger partial charge on any atom is 0.271 e. The summed E-state index contributed by atoms with van der Waals surface area (Å²) in [6.07, 6.45) is 2.21. The third kappa shape index (κ3) is 4.98. The van der Waals surface area contributed by atoms with Crippen LogP contribution in [0.3, 0.4) is 0 Å². The fraction of sp³-hybridized carbons (Fsp3) is 0.348. The number of non-ortho nitro benzene ring substituents is 1. The van der Waals surface area contributed by atoms with Crippen LogP contribution in [0.5, 0.6) is 5.75 Å². The van der Waals surface area contributed by atoms with Crippen LogP contribution in [0.15, 0.2) is 47.6 Å². The van der Waals surface area contributed by atoms with Gasteiger partial charge in [-0.05, 0) is 44.9 Å². The number of carbonyl (C=O) groups excluding carboxylic acids is 1. The second-order valence-electron chi connectivity index (χ2n) is 8.04. The number of methoxy groups -OCH3 is 1. The third-order valence-electron chi connectivity index (χ3n) is 5.60. The van der Waals surface area contributed by atoms with E-state index in [9.17, 15) is 14.9 Å². The molecule has 1 fully saturated rings. The van der Waals surface area contributed by atoms with Crippen molar-refractivity contribution < 1.29 is 14.5 Å². The number of thioether (sulfide) groups is 1. The standard InChI is InChI=1S/C23H26N6O4S/c1-15-6-8-17(9-7-15)28-22(27-12-4-5-13-27)25-26-23(28)34-16(2)21(30)24-19-14-18(29(31)32)10-11-20(19)33-3/h6-11,14,16H,4-5,12-13H2,1-3H3,(H,24,30). The lowest BCUT2D eigenvalue weighted by atomic mass is 10.2. The Balaban J connectivity index is 1.59. The number of anilines is 2. The first-order chi connectivity index (χ1) is 16.4. The highest BCUT2D eigenvalue weighted by molar-refractivity contribution is 8.00. The third-order valence-corrected chi connectivity index (χ3v) is 6.64. The van der Waals surface area contributed by atoms with E-state index in [-0.39, 0.29) is 17.3 Å². The molecule has 178 valence electrons. The highest BCUT2D eigenvalue weighted by atomic mass is 32.2. The molecule has 1 aromatic heterocycles. The number of nitro groups is 1. The fourth-order valence-electron chi connectivity index (χ4n) is 3.73. The molecule has 1 N–H and O–H groups in total. The van der Waals surface area contributed by atoms with E-state index < -0.39 is 10.2 Å². The van der Waals surface area contributed by atoms with Crippen molar-refractivity contribution >= 4 is 35.0 Å². The molecule has 0 saturated carbocycles. The average Bonchev–Trinajstić information content (AvgIpc) is 3.49. The van der Waals surface area contributed by atoms with E-state index in [4.69, 9.17) is 4.74 Å². The van der Waals surface area contributed by atoms with Gasteiger partial charge in [0.05, 0.1) is 28.7 Å². The molecule has 1 atom stereocenters. The molecule has 1 unspecified atom stereocenters. The monoisotopic (exact) mass is 482 g/mol. The van der Waals surface area contributed by atoms with Crippen molar-refractivity contribution in [1.29, 1.82) is 0 Å². The summed E-state index contributed by atoms with van der Waals surface area (Å²) in [6, 6.07) is 12.2. The van der Waals surface area contributed by atoms with Gasteiger partial charge in [-0.2, -0.15) is 0 Å². The first-order valence-electron chi connectivity index (χ1n) is 10.9. The Bertz CT molecular complexity index is 1190. The molecular weight excluding hydrogens is 456 g/mol. The second kappa shape index (κ2) is 10.1. The van der Waals surface area contributed by atoms with Crippen LogP contribution >= 0.6 is 11.8 Å². The van der Waals surface area contributed by atoms with Gasteiger partial charge in [-0.15, -0.1) is 10.2 Å². The summed E-state index contributed by atoms with van der Waals surface area (Å²) in [5.74, 6) is 0.775. The van der Waals surface area contributed by atoms with Crippen LogP contribution in [0.4, 0.5) is 17.3 Å². The Labute approximate surface area is 201 Å². The molecule has 0 radical (unpaired) electrons. The van der Waals surface area contributed by atoms with Gasteiger partial charge in [-0.3, -0.25) is 19.5 Å². The minimum atomic E-state index is -0.552. The molecule has 1 amide bonds. The van der Waals surface area contributed by atoms with Crippen LogP contribution in [0, 0.1) is 17.0 Å². The minimum absolute atomic E-state index is 0.134. The molecule has 34 heavy (non-hydrogen) atoms. The lowest BCUT2D eigenvalue weighted by molar-refractivity contribution is -0.384. The van der Waals surface area contributed by atoms with Crippen molar-refractivity contribution in [2.24, 2.45) is 0 Å². The van der Waals surface area contributed by atoms with Crippen molar-refractivity contribution in [3.8, 4) is 11.4 Å². The van der Waals surface area contributed by atoms with Gasteiger partial charge >= 0.3 is 0 Å². The molecule has 0 aliphatic carbocycles. The van der Waals surface area contributed by atoms with E-state index in [0.29, 0.717) is 10.9 Å². The minimum Gasteiger partial charge on any atom is -0.495 e. The Hall–Kier alpha value is -3.60. The van der Waals surface area contributed by atoms with E-state index in [1.54, 1.807) is 6.92 Å². The Morgan fingerprint density at radius 2 is 1.88 bits per heavy atom.